The zero-order valence-electron chi connectivity index (χ0n) is 10.0. The van der Waals surface area contributed by atoms with Gasteiger partial charge >= 0.3 is 6.03 Å². The first-order chi connectivity index (χ1) is 8.46. The fraction of sp³-hybridized carbons (Fsp3) is 0.455. The van der Waals surface area contributed by atoms with Crippen LogP contribution in [-0.2, 0) is 16.1 Å². The molecule has 18 heavy (non-hydrogen) atoms. The van der Waals surface area contributed by atoms with Gasteiger partial charge in [-0.1, -0.05) is 11.6 Å². The number of urea groups is 1. The summed E-state index contributed by atoms with van der Waals surface area (Å²) in [4.78, 5) is 26.0. The fourth-order valence-electron chi connectivity index (χ4n) is 1.87. The lowest BCUT2D eigenvalue weighted by Gasteiger charge is -2.20. The summed E-state index contributed by atoms with van der Waals surface area (Å²) in [5.74, 6) is -0.279. The smallest absolute Gasteiger partial charge is 0.325 e. The lowest BCUT2D eigenvalue weighted by Crippen LogP contribution is -2.47. The van der Waals surface area contributed by atoms with Crippen LogP contribution in [0.2, 0.25) is 4.34 Å². The number of methoxy groups -OCH3 is 1. The van der Waals surface area contributed by atoms with Crippen LogP contribution in [0.4, 0.5) is 4.79 Å². The van der Waals surface area contributed by atoms with Gasteiger partial charge < -0.3 is 10.1 Å². The van der Waals surface area contributed by atoms with Crippen molar-refractivity contribution in [2.24, 2.45) is 0 Å². The Labute approximate surface area is 114 Å². The van der Waals surface area contributed by atoms with Crippen molar-refractivity contribution in [3.05, 3.63) is 21.3 Å². The van der Waals surface area contributed by atoms with E-state index in [0.29, 0.717) is 4.34 Å². The van der Waals surface area contributed by atoms with Crippen molar-refractivity contribution in [1.82, 2.24) is 10.2 Å². The highest BCUT2D eigenvalue weighted by atomic mass is 35.5. The summed E-state index contributed by atoms with van der Waals surface area (Å²) in [5, 5.41) is 2.64. The molecule has 0 aromatic carbocycles. The number of imide groups is 1. The van der Waals surface area contributed by atoms with Crippen LogP contribution in [0.25, 0.3) is 0 Å². The maximum absolute atomic E-state index is 12.2. The monoisotopic (exact) mass is 288 g/mol. The van der Waals surface area contributed by atoms with Crippen LogP contribution in [-0.4, -0.2) is 36.1 Å². The molecule has 1 saturated heterocycles. The molecule has 1 aromatic rings. The van der Waals surface area contributed by atoms with E-state index in [1.54, 1.807) is 19.1 Å². The number of hydrogen-bond donors (Lipinski definition) is 1. The maximum atomic E-state index is 12.2. The zero-order valence-corrected chi connectivity index (χ0v) is 11.6. The molecule has 2 rings (SSSR count). The highest BCUT2D eigenvalue weighted by molar-refractivity contribution is 7.16. The Morgan fingerprint density at radius 2 is 2.22 bits per heavy atom. The van der Waals surface area contributed by atoms with Gasteiger partial charge in [-0.25, -0.2) is 4.79 Å². The normalized spacial score (nSPS) is 23.6. The molecule has 5 nitrogen and oxygen atoms in total. The molecule has 3 amide bonds. The number of carbonyl (C=O) groups is 2. The number of halogens is 1. The molecule has 1 N–H and O–H groups in total. The van der Waals surface area contributed by atoms with Crippen molar-refractivity contribution in [2.75, 3.05) is 13.7 Å². The Morgan fingerprint density at radius 3 is 2.78 bits per heavy atom. The van der Waals surface area contributed by atoms with Gasteiger partial charge in [0.25, 0.3) is 5.91 Å². The number of rotatable bonds is 4. The Morgan fingerprint density at radius 1 is 1.50 bits per heavy atom. The largest absolute Gasteiger partial charge is 0.382 e. The van der Waals surface area contributed by atoms with Crippen molar-refractivity contribution in [3.63, 3.8) is 0 Å². The van der Waals surface area contributed by atoms with E-state index in [1.807, 2.05) is 0 Å². The molecular formula is C11H13ClN2O3S. The van der Waals surface area contributed by atoms with Gasteiger partial charge in [0.15, 0.2) is 0 Å². The summed E-state index contributed by atoms with van der Waals surface area (Å²) in [5.41, 5.74) is -0.979. The molecule has 1 unspecified atom stereocenters. The lowest BCUT2D eigenvalue weighted by atomic mass is 10.0. The number of carbonyl (C=O) groups excluding carboxylic acids is 2. The van der Waals surface area contributed by atoms with Gasteiger partial charge in [0.2, 0.25) is 0 Å². The summed E-state index contributed by atoms with van der Waals surface area (Å²) < 4.78 is 5.61. The first kappa shape index (κ1) is 13.3. The number of nitrogens with zero attached hydrogens (tertiary/aromatic N) is 1. The summed E-state index contributed by atoms with van der Waals surface area (Å²) in [6.07, 6.45) is 0. The highest BCUT2D eigenvalue weighted by Crippen LogP contribution is 2.26. The molecule has 0 radical (unpaired) electrons. The molecule has 0 bridgehead atoms. The number of thiophene rings is 1. The van der Waals surface area contributed by atoms with Gasteiger partial charge in [-0.2, -0.15) is 0 Å². The van der Waals surface area contributed by atoms with Gasteiger partial charge in [-0.05, 0) is 19.1 Å². The SMILES string of the molecule is COCC1(C)NC(=O)N(Cc2ccc(Cl)s2)C1=O. The van der Waals surface area contributed by atoms with Crippen molar-refractivity contribution in [2.45, 2.75) is 19.0 Å². The Balaban J connectivity index is 2.14. The summed E-state index contributed by atoms with van der Waals surface area (Å²) in [6.45, 7) is 2.04. The Kier molecular flexibility index (Phi) is 3.61. The second-order valence-corrected chi connectivity index (χ2v) is 6.09. The van der Waals surface area contributed by atoms with Crippen LogP contribution in [0.1, 0.15) is 11.8 Å². The van der Waals surface area contributed by atoms with E-state index in [4.69, 9.17) is 16.3 Å². The number of ether oxygens (including phenoxy) is 1. The number of nitrogens with one attached hydrogen (secondary N) is 1. The molecule has 1 aliphatic rings. The van der Waals surface area contributed by atoms with Crippen LogP contribution in [0, 0.1) is 0 Å². The Hall–Kier alpha value is -1.11. The average molecular weight is 289 g/mol. The molecular weight excluding hydrogens is 276 g/mol. The first-order valence-electron chi connectivity index (χ1n) is 5.33. The molecule has 0 spiro atoms. The topological polar surface area (TPSA) is 58.6 Å². The summed E-state index contributed by atoms with van der Waals surface area (Å²) >= 11 is 7.17. The van der Waals surface area contributed by atoms with Crippen LogP contribution < -0.4 is 5.32 Å². The molecule has 1 fully saturated rings. The number of hydrogen-bond acceptors (Lipinski definition) is 4. The molecule has 0 saturated carbocycles. The van der Waals surface area contributed by atoms with E-state index < -0.39 is 11.6 Å². The van der Waals surface area contributed by atoms with Gasteiger partial charge in [-0.3, -0.25) is 9.69 Å². The van der Waals surface area contributed by atoms with Crippen LogP contribution >= 0.6 is 22.9 Å². The summed E-state index contributed by atoms with van der Waals surface area (Å²) in [6, 6.07) is 3.15. The maximum Gasteiger partial charge on any atom is 0.325 e. The first-order valence-corrected chi connectivity index (χ1v) is 6.53. The zero-order chi connectivity index (χ0) is 13.3. The van der Waals surface area contributed by atoms with Crippen LogP contribution in [0.5, 0.6) is 0 Å². The molecule has 2 heterocycles. The van der Waals surface area contributed by atoms with E-state index in [2.05, 4.69) is 5.32 Å². The third kappa shape index (κ3) is 2.36. The molecule has 1 aliphatic heterocycles. The molecule has 98 valence electrons. The van der Waals surface area contributed by atoms with Crippen molar-refractivity contribution < 1.29 is 14.3 Å². The molecule has 1 aromatic heterocycles. The second kappa shape index (κ2) is 4.87. The number of amides is 3. The van der Waals surface area contributed by atoms with Gasteiger partial charge in [0.05, 0.1) is 17.5 Å². The van der Waals surface area contributed by atoms with Crippen molar-refractivity contribution in [3.8, 4) is 0 Å². The minimum Gasteiger partial charge on any atom is -0.382 e. The van der Waals surface area contributed by atoms with Crippen molar-refractivity contribution >= 4 is 34.9 Å². The molecule has 0 aliphatic carbocycles. The Bertz CT molecular complexity index is 490. The molecule has 1 atom stereocenters. The summed E-state index contributed by atoms with van der Waals surface area (Å²) in [7, 11) is 1.49. The third-order valence-corrected chi connectivity index (χ3v) is 3.94. The van der Waals surface area contributed by atoms with E-state index in [9.17, 15) is 9.59 Å². The third-order valence-electron chi connectivity index (χ3n) is 2.72. The van der Waals surface area contributed by atoms with Crippen LogP contribution in [0.3, 0.4) is 0 Å². The van der Waals surface area contributed by atoms with Crippen molar-refractivity contribution in [1.29, 1.82) is 0 Å². The predicted octanol–water partition coefficient (Wildman–Crippen LogP) is 1.86. The molecule has 7 heteroatoms. The lowest BCUT2D eigenvalue weighted by molar-refractivity contribution is -0.132. The van der Waals surface area contributed by atoms with Crippen LogP contribution in [0.15, 0.2) is 12.1 Å². The standard InChI is InChI=1S/C11H13ClN2O3S/c1-11(6-17-2)9(15)14(10(16)13-11)5-7-3-4-8(12)18-7/h3-4H,5-6H2,1-2H3,(H,13,16). The highest BCUT2D eigenvalue weighted by Gasteiger charge is 2.47. The van der Waals surface area contributed by atoms with Gasteiger partial charge in [0.1, 0.15) is 5.54 Å². The van der Waals surface area contributed by atoms with Gasteiger partial charge in [0, 0.05) is 12.0 Å². The van der Waals surface area contributed by atoms with Gasteiger partial charge in [-0.15, -0.1) is 11.3 Å². The van der Waals surface area contributed by atoms with E-state index in [1.165, 1.54) is 23.3 Å². The van der Waals surface area contributed by atoms with E-state index in [0.717, 1.165) is 4.88 Å². The quantitative estimate of drug-likeness (QED) is 0.860. The minimum atomic E-state index is -0.979. The fourth-order valence-corrected chi connectivity index (χ4v) is 2.95. The second-order valence-electron chi connectivity index (χ2n) is 4.29. The van der Waals surface area contributed by atoms with E-state index in [-0.39, 0.29) is 19.1 Å². The predicted molar refractivity (Wildman–Crippen MR) is 68.7 cm³/mol. The minimum absolute atomic E-state index is 0.152. The van der Waals surface area contributed by atoms with E-state index >= 15 is 0 Å². The average Bonchev–Trinajstić information content (AvgIpc) is 2.78.